The second-order valence-electron chi connectivity index (χ2n) is 2.87. The highest BCUT2D eigenvalue weighted by Gasteiger charge is 2.06. The van der Waals surface area contributed by atoms with Crippen LogP contribution in [0.2, 0.25) is 0 Å². The highest BCUT2D eigenvalue weighted by molar-refractivity contribution is 7.09. The SMILES string of the molecule is O=C(NCc1cccs1)c1cccnn1. The van der Waals surface area contributed by atoms with Crippen LogP contribution in [0, 0.1) is 0 Å². The number of thiophene rings is 1. The molecule has 1 N–H and O–H groups in total. The molecule has 0 aromatic carbocycles. The Morgan fingerprint density at radius 2 is 2.33 bits per heavy atom. The molecule has 4 nitrogen and oxygen atoms in total. The van der Waals surface area contributed by atoms with Gasteiger partial charge in [0.25, 0.3) is 5.91 Å². The Morgan fingerprint density at radius 1 is 1.40 bits per heavy atom. The van der Waals surface area contributed by atoms with Crippen LogP contribution in [0.25, 0.3) is 0 Å². The molecule has 2 heterocycles. The van der Waals surface area contributed by atoms with Gasteiger partial charge in [-0.15, -0.1) is 16.4 Å². The lowest BCUT2D eigenvalue weighted by atomic mass is 10.3. The lowest BCUT2D eigenvalue weighted by Crippen LogP contribution is -2.23. The van der Waals surface area contributed by atoms with E-state index in [0.717, 1.165) is 4.88 Å². The van der Waals surface area contributed by atoms with Crippen molar-refractivity contribution in [2.75, 3.05) is 0 Å². The number of nitrogens with zero attached hydrogens (tertiary/aromatic N) is 2. The molecule has 0 bridgehead atoms. The molecule has 76 valence electrons. The van der Waals surface area contributed by atoms with E-state index in [1.165, 1.54) is 6.20 Å². The zero-order valence-corrected chi connectivity index (χ0v) is 8.70. The Labute approximate surface area is 91.0 Å². The quantitative estimate of drug-likeness (QED) is 0.850. The van der Waals surface area contributed by atoms with Gasteiger partial charge in [-0.1, -0.05) is 6.07 Å². The van der Waals surface area contributed by atoms with Crippen molar-refractivity contribution < 1.29 is 4.79 Å². The first-order chi connectivity index (χ1) is 7.36. The van der Waals surface area contributed by atoms with Crippen LogP contribution in [0.15, 0.2) is 35.8 Å². The summed E-state index contributed by atoms with van der Waals surface area (Å²) in [5.74, 6) is -0.198. The highest BCUT2D eigenvalue weighted by atomic mass is 32.1. The summed E-state index contributed by atoms with van der Waals surface area (Å²) in [6, 6.07) is 7.25. The van der Waals surface area contributed by atoms with Gasteiger partial charge in [-0.25, -0.2) is 0 Å². The molecule has 0 radical (unpaired) electrons. The summed E-state index contributed by atoms with van der Waals surface area (Å²) in [6.45, 7) is 0.535. The van der Waals surface area contributed by atoms with Gasteiger partial charge in [-0.2, -0.15) is 5.10 Å². The summed E-state index contributed by atoms with van der Waals surface area (Å²) in [5, 5.41) is 12.1. The summed E-state index contributed by atoms with van der Waals surface area (Å²) in [4.78, 5) is 12.6. The smallest absolute Gasteiger partial charge is 0.272 e. The van der Waals surface area contributed by atoms with E-state index in [9.17, 15) is 4.79 Å². The van der Waals surface area contributed by atoms with E-state index in [1.807, 2.05) is 17.5 Å². The molecule has 15 heavy (non-hydrogen) atoms. The van der Waals surface area contributed by atoms with Crippen LogP contribution in [0.4, 0.5) is 0 Å². The summed E-state index contributed by atoms with van der Waals surface area (Å²) < 4.78 is 0. The average molecular weight is 219 g/mol. The fourth-order valence-corrected chi connectivity index (χ4v) is 1.74. The van der Waals surface area contributed by atoms with Crippen molar-refractivity contribution in [3.63, 3.8) is 0 Å². The van der Waals surface area contributed by atoms with Crippen LogP contribution in [-0.2, 0) is 6.54 Å². The van der Waals surface area contributed by atoms with E-state index in [2.05, 4.69) is 15.5 Å². The van der Waals surface area contributed by atoms with E-state index in [-0.39, 0.29) is 5.91 Å². The summed E-state index contributed by atoms with van der Waals surface area (Å²) >= 11 is 1.61. The van der Waals surface area contributed by atoms with E-state index in [0.29, 0.717) is 12.2 Å². The predicted molar refractivity (Wildman–Crippen MR) is 57.5 cm³/mol. The lowest BCUT2D eigenvalue weighted by Gasteiger charge is -2.01. The number of hydrogen-bond donors (Lipinski definition) is 1. The molecule has 2 aromatic heterocycles. The van der Waals surface area contributed by atoms with Gasteiger partial charge < -0.3 is 5.32 Å². The normalized spacial score (nSPS) is 9.87. The zero-order valence-electron chi connectivity index (χ0n) is 7.88. The largest absolute Gasteiger partial charge is 0.346 e. The first-order valence-corrected chi connectivity index (χ1v) is 5.32. The average Bonchev–Trinajstić information content (AvgIpc) is 2.80. The number of nitrogens with one attached hydrogen (secondary N) is 1. The maximum absolute atomic E-state index is 11.5. The van der Waals surface area contributed by atoms with Crippen molar-refractivity contribution in [2.45, 2.75) is 6.54 Å². The van der Waals surface area contributed by atoms with Crippen LogP contribution in [0.1, 0.15) is 15.4 Å². The molecule has 0 saturated carbocycles. The molecule has 0 aliphatic carbocycles. The Bertz CT molecular complexity index is 427. The third-order valence-corrected chi connectivity index (χ3v) is 2.68. The monoisotopic (exact) mass is 219 g/mol. The molecule has 2 aromatic rings. The van der Waals surface area contributed by atoms with Gasteiger partial charge in [0.05, 0.1) is 6.54 Å². The number of amides is 1. The minimum Gasteiger partial charge on any atom is -0.346 e. The first-order valence-electron chi connectivity index (χ1n) is 4.44. The molecule has 5 heteroatoms. The zero-order chi connectivity index (χ0) is 10.5. The van der Waals surface area contributed by atoms with Crippen molar-refractivity contribution in [3.05, 3.63) is 46.4 Å². The van der Waals surface area contributed by atoms with E-state index >= 15 is 0 Å². The van der Waals surface area contributed by atoms with Crippen molar-refractivity contribution >= 4 is 17.2 Å². The first kappa shape index (κ1) is 9.79. The number of carbonyl (C=O) groups excluding carboxylic acids is 1. The van der Waals surface area contributed by atoms with Gasteiger partial charge in [0.15, 0.2) is 5.69 Å². The fraction of sp³-hybridized carbons (Fsp3) is 0.100. The minimum atomic E-state index is -0.198. The molecule has 0 aliphatic rings. The Hall–Kier alpha value is -1.75. The maximum Gasteiger partial charge on any atom is 0.272 e. The molecule has 0 aliphatic heterocycles. The van der Waals surface area contributed by atoms with Crippen molar-refractivity contribution in [1.82, 2.24) is 15.5 Å². The molecule has 2 rings (SSSR count). The standard InChI is InChI=1S/C10H9N3OS/c14-10(9-4-1-5-12-13-9)11-7-8-3-2-6-15-8/h1-6H,7H2,(H,11,14). The Balaban J connectivity index is 1.94. The molecule has 0 unspecified atom stereocenters. The van der Waals surface area contributed by atoms with Gasteiger partial charge in [0.2, 0.25) is 0 Å². The van der Waals surface area contributed by atoms with Crippen LogP contribution in [0.3, 0.4) is 0 Å². The second kappa shape index (κ2) is 4.65. The molecular formula is C10H9N3OS. The van der Waals surface area contributed by atoms with Crippen molar-refractivity contribution in [2.24, 2.45) is 0 Å². The third-order valence-electron chi connectivity index (χ3n) is 1.81. The van der Waals surface area contributed by atoms with Crippen molar-refractivity contribution in [3.8, 4) is 0 Å². The van der Waals surface area contributed by atoms with Gasteiger partial charge in [-0.3, -0.25) is 4.79 Å². The van der Waals surface area contributed by atoms with Crippen molar-refractivity contribution in [1.29, 1.82) is 0 Å². The Morgan fingerprint density at radius 3 is 3.00 bits per heavy atom. The minimum absolute atomic E-state index is 0.198. The van der Waals surface area contributed by atoms with Crippen LogP contribution >= 0.6 is 11.3 Å². The van der Waals surface area contributed by atoms with Crippen LogP contribution in [0.5, 0.6) is 0 Å². The molecule has 0 spiro atoms. The third kappa shape index (κ3) is 2.60. The Kier molecular flexibility index (Phi) is 3.04. The summed E-state index contributed by atoms with van der Waals surface area (Å²) in [7, 11) is 0. The van der Waals surface area contributed by atoms with Gasteiger partial charge in [0.1, 0.15) is 0 Å². The second-order valence-corrected chi connectivity index (χ2v) is 3.90. The highest BCUT2D eigenvalue weighted by Crippen LogP contribution is 2.07. The topological polar surface area (TPSA) is 54.9 Å². The van der Waals surface area contributed by atoms with Gasteiger partial charge in [0, 0.05) is 11.1 Å². The molecule has 0 atom stereocenters. The van der Waals surface area contributed by atoms with Crippen LogP contribution < -0.4 is 5.32 Å². The van der Waals surface area contributed by atoms with E-state index in [1.54, 1.807) is 23.5 Å². The number of aromatic nitrogens is 2. The number of rotatable bonds is 3. The molecule has 0 fully saturated rings. The number of carbonyl (C=O) groups is 1. The molecule has 0 saturated heterocycles. The fourth-order valence-electron chi connectivity index (χ4n) is 1.09. The summed E-state index contributed by atoms with van der Waals surface area (Å²) in [6.07, 6.45) is 1.54. The predicted octanol–water partition coefficient (Wildman–Crippen LogP) is 1.47. The van der Waals surface area contributed by atoms with E-state index in [4.69, 9.17) is 0 Å². The summed E-state index contributed by atoms with van der Waals surface area (Å²) in [5.41, 5.74) is 0.342. The number of hydrogen-bond acceptors (Lipinski definition) is 4. The maximum atomic E-state index is 11.5. The lowest BCUT2D eigenvalue weighted by molar-refractivity contribution is 0.0945. The van der Waals surface area contributed by atoms with Gasteiger partial charge >= 0.3 is 0 Å². The van der Waals surface area contributed by atoms with Gasteiger partial charge in [-0.05, 0) is 23.6 Å². The van der Waals surface area contributed by atoms with Crippen LogP contribution in [-0.4, -0.2) is 16.1 Å². The van der Waals surface area contributed by atoms with E-state index < -0.39 is 0 Å². The molecule has 1 amide bonds. The molecular weight excluding hydrogens is 210 g/mol.